The Hall–Kier alpha value is -1.47. The largest absolute Gasteiger partial charge is 0.381 e. The summed E-state index contributed by atoms with van der Waals surface area (Å²) in [5.41, 5.74) is 0.000878. The summed E-state index contributed by atoms with van der Waals surface area (Å²) in [5.74, 6) is -0.0797. The third kappa shape index (κ3) is 4.01. The second-order valence-electron chi connectivity index (χ2n) is 5.97. The summed E-state index contributed by atoms with van der Waals surface area (Å²) >= 11 is 0. The number of amides is 1. The number of hydrogen-bond donors (Lipinski definition) is 1. The number of aromatic nitrogens is 3. The van der Waals surface area contributed by atoms with E-state index in [-0.39, 0.29) is 17.4 Å². The minimum absolute atomic E-state index is 0.000878. The number of ether oxygens (including phenoxy) is 1. The molecule has 1 saturated heterocycles. The molecule has 7 heteroatoms. The van der Waals surface area contributed by atoms with E-state index in [2.05, 4.69) is 34.4 Å². The maximum Gasteiger partial charge on any atom is 0.224 e. The first-order chi connectivity index (χ1) is 10.0. The molecule has 2 rings (SSSR count). The Bertz CT molecular complexity index is 440. The summed E-state index contributed by atoms with van der Waals surface area (Å²) in [4.78, 5) is 18.3. The molecule has 7 nitrogen and oxygen atoms in total. The molecule has 1 unspecified atom stereocenters. The van der Waals surface area contributed by atoms with Crippen LogP contribution in [0.3, 0.4) is 0 Å². The normalized spacial score (nSPS) is 19.4. The van der Waals surface area contributed by atoms with Gasteiger partial charge in [-0.25, -0.2) is 4.98 Å². The molecule has 0 radical (unpaired) electrons. The third-order valence-corrected chi connectivity index (χ3v) is 4.34. The van der Waals surface area contributed by atoms with E-state index in [0.29, 0.717) is 13.1 Å². The fourth-order valence-electron chi connectivity index (χ4n) is 2.65. The Balaban J connectivity index is 1.86. The molecule has 1 amide bonds. The second-order valence-corrected chi connectivity index (χ2v) is 5.97. The van der Waals surface area contributed by atoms with Crippen LogP contribution in [0, 0.1) is 5.92 Å². The maximum atomic E-state index is 12.3. The van der Waals surface area contributed by atoms with Crippen LogP contribution in [0.4, 0.5) is 0 Å². The highest BCUT2D eigenvalue weighted by Gasteiger charge is 2.35. The zero-order chi connectivity index (χ0) is 15.3. The van der Waals surface area contributed by atoms with Gasteiger partial charge in [-0.1, -0.05) is 6.92 Å². The average molecular weight is 295 g/mol. The summed E-state index contributed by atoms with van der Waals surface area (Å²) in [6, 6.07) is 0. The van der Waals surface area contributed by atoms with Gasteiger partial charge in [0.1, 0.15) is 12.7 Å². The van der Waals surface area contributed by atoms with Gasteiger partial charge in [0.25, 0.3) is 0 Å². The zero-order valence-electron chi connectivity index (χ0n) is 13.1. The number of nitrogens with one attached hydrogen (secondary N) is 1. The molecular weight excluding hydrogens is 270 g/mol. The number of carbonyl (C=O) groups excluding carboxylic acids is 1. The molecule has 0 aliphatic carbocycles. The minimum atomic E-state index is -0.134. The van der Waals surface area contributed by atoms with Crippen LogP contribution < -0.4 is 5.32 Å². The van der Waals surface area contributed by atoms with Crippen molar-refractivity contribution in [1.82, 2.24) is 25.0 Å². The van der Waals surface area contributed by atoms with Gasteiger partial charge in [-0.3, -0.25) is 9.48 Å². The van der Waals surface area contributed by atoms with E-state index in [1.54, 1.807) is 11.0 Å². The van der Waals surface area contributed by atoms with Crippen molar-refractivity contribution in [2.45, 2.75) is 31.8 Å². The Morgan fingerprint density at radius 3 is 2.76 bits per heavy atom. The van der Waals surface area contributed by atoms with Crippen molar-refractivity contribution >= 4 is 5.91 Å². The lowest BCUT2D eigenvalue weighted by Gasteiger charge is -2.43. The number of rotatable bonds is 6. The highest BCUT2D eigenvalue weighted by atomic mass is 16.5. The first kappa shape index (κ1) is 15.9. The molecule has 2 heterocycles. The van der Waals surface area contributed by atoms with Crippen molar-refractivity contribution in [2.75, 3.05) is 33.9 Å². The summed E-state index contributed by atoms with van der Waals surface area (Å²) < 4.78 is 7.12. The van der Waals surface area contributed by atoms with Gasteiger partial charge < -0.3 is 15.0 Å². The molecule has 118 valence electrons. The van der Waals surface area contributed by atoms with Gasteiger partial charge in [-0.05, 0) is 26.9 Å². The topological polar surface area (TPSA) is 72.3 Å². The van der Waals surface area contributed by atoms with Crippen molar-refractivity contribution < 1.29 is 9.53 Å². The lowest BCUT2D eigenvalue weighted by atomic mass is 9.88. The highest BCUT2D eigenvalue weighted by molar-refractivity contribution is 5.78. The summed E-state index contributed by atoms with van der Waals surface area (Å²) in [6.45, 7) is 4.61. The molecule has 1 atom stereocenters. The molecular formula is C14H25N5O2. The molecule has 0 spiro atoms. The third-order valence-electron chi connectivity index (χ3n) is 4.34. The molecule has 0 saturated carbocycles. The van der Waals surface area contributed by atoms with E-state index in [1.165, 1.54) is 6.33 Å². The van der Waals surface area contributed by atoms with Crippen molar-refractivity contribution in [3.63, 3.8) is 0 Å². The van der Waals surface area contributed by atoms with Crippen LogP contribution in [0.2, 0.25) is 0 Å². The summed E-state index contributed by atoms with van der Waals surface area (Å²) in [5, 5.41) is 7.12. The molecule has 1 aromatic rings. The maximum absolute atomic E-state index is 12.3. The molecule has 1 fully saturated rings. The van der Waals surface area contributed by atoms with Gasteiger partial charge in [0.2, 0.25) is 5.91 Å². The number of likely N-dealkylation sites (N-methyl/N-ethyl adjacent to an activating group) is 1. The van der Waals surface area contributed by atoms with Crippen LogP contribution in [-0.4, -0.2) is 65.0 Å². The van der Waals surface area contributed by atoms with Gasteiger partial charge in [-0.15, -0.1) is 0 Å². The smallest absolute Gasteiger partial charge is 0.224 e. The van der Waals surface area contributed by atoms with Gasteiger partial charge in [0.15, 0.2) is 0 Å². The number of hydrogen-bond acceptors (Lipinski definition) is 5. The SMILES string of the molecule is CC(Cn1cncn1)C(=O)NCC1(N(C)C)CCOCC1. The Morgan fingerprint density at radius 2 is 2.19 bits per heavy atom. The molecule has 0 aromatic carbocycles. The van der Waals surface area contributed by atoms with Crippen LogP contribution >= 0.6 is 0 Å². The standard InChI is InChI=1S/C14H25N5O2/c1-12(8-19-11-15-10-17-19)13(20)16-9-14(18(2)3)4-6-21-7-5-14/h10-12H,4-9H2,1-3H3,(H,16,20). The number of nitrogens with zero attached hydrogens (tertiary/aromatic N) is 4. The Morgan fingerprint density at radius 1 is 1.48 bits per heavy atom. The quantitative estimate of drug-likeness (QED) is 0.808. The second kappa shape index (κ2) is 7.00. The summed E-state index contributed by atoms with van der Waals surface area (Å²) in [7, 11) is 4.13. The monoisotopic (exact) mass is 295 g/mol. The first-order valence-electron chi connectivity index (χ1n) is 7.39. The van der Waals surface area contributed by atoms with Gasteiger partial charge in [-0.2, -0.15) is 5.10 Å². The minimum Gasteiger partial charge on any atom is -0.381 e. The van der Waals surface area contributed by atoms with Crippen LogP contribution in [0.5, 0.6) is 0 Å². The predicted molar refractivity (Wildman–Crippen MR) is 78.7 cm³/mol. The van der Waals surface area contributed by atoms with Gasteiger partial charge in [0.05, 0.1) is 12.5 Å². The molecule has 1 aromatic heterocycles. The van der Waals surface area contributed by atoms with E-state index in [9.17, 15) is 4.79 Å². The average Bonchev–Trinajstić information content (AvgIpc) is 2.98. The van der Waals surface area contributed by atoms with Crippen molar-refractivity contribution in [3.05, 3.63) is 12.7 Å². The van der Waals surface area contributed by atoms with E-state index < -0.39 is 0 Å². The highest BCUT2D eigenvalue weighted by Crippen LogP contribution is 2.25. The molecule has 0 bridgehead atoms. The van der Waals surface area contributed by atoms with Gasteiger partial charge in [0, 0.05) is 25.3 Å². The molecule has 21 heavy (non-hydrogen) atoms. The van der Waals surface area contributed by atoms with E-state index in [1.807, 2.05) is 6.92 Å². The van der Waals surface area contributed by atoms with Crippen LogP contribution in [-0.2, 0) is 16.1 Å². The predicted octanol–water partition coefficient (Wildman–Crippen LogP) is 0.141. The Kier molecular flexibility index (Phi) is 5.30. The molecule has 1 aliphatic heterocycles. The van der Waals surface area contributed by atoms with Crippen LogP contribution in [0.15, 0.2) is 12.7 Å². The Labute approximate surface area is 125 Å². The fraction of sp³-hybridized carbons (Fsp3) is 0.786. The molecule has 1 N–H and O–H groups in total. The van der Waals surface area contributed by atoms with Crippen LogP contribution in [0.25, 0.3) is 0 Å². The van der Waals surface area contributed by atoms with Gasteiger partial charge >= 0.3 is 0 Å². The lowest BCUT2D eigenvalue weighted by Crippen LogP contribution is -2.56. The van der Waals surface area contributed by atoms with E-state index >= 15 is 0 Å². The first-order valence-corrected chi connectivity index (χ1v) is 7.39. The summed E-state index contributed by atoms with van der Waals surface area (Å²) in [6.07, 6.45) is 4.99. The van der Waals surface area contributed by atoms with Crippen molar-refractivity contribution in [3.8, 4) is 0 Å². The fourth-order valence-corrected chi connectivity index (χ4v) is 2.65. The lowest BCUT2D eigenvalue weighted by molar-refractivity contribution is -0.126. The van der Waals surface area contributed by atoms with Crippen molar-refractivity contribution in [2.24, 2.45) is 5.92 Å². The number of carbonyl (C=O) groups is 1. The zero-order valence-corrected chi connectivity index (χ0v) is 13.1. The van der Waals surface area contributed by atoms with E-state index in [4.69, 9.17) is 4.74 Å². The van der Waals surface area contributed by atoms with E-state index in [0.717, 1.165) is 26.1 Å². The molecule has 1 aliphatic rings. The van der Waals surface area contributed by atoms with Crippen molar-refractivity contribution in [1.29, 1.82) is 0 Å². The van der Waals surface area contributed by atoms with Crippen LogP contribution in [0.1, 0.15) is 19.8 Å².